The van der Waals surface area contributed by atoms with Crippen molar-refractivity contribution in [3.05, 3.63) is 98.4 Å². The number of carbonyl (C=O) groups is 1. The summed E-state index contributed by atoms with van der Waals surface area (Å²) in [4.78, 5) is 22.8. The van der Waals surface area contributed by atoms with Gasteiger partial charge in [-0.05, 0) is 44.9 Å². The minimum Gasteiger partial charge on any atom is -0.455 e. The van der Waals surface area contributed by atoms with Gasteiger partial charge in [0.1, 0.15) is 6.10 Å². The second-order valence-corrected chi connectivity index (χ2v) is 7.49. The number of esters is 1. The number of hydrogen-bond acceptors (Lipinski definition) is 5. The average Bonchev–Trinajstić information content (AvgIpc) is 3.00. The first-order valence-corrected chi connectivity index (χ1v) is 9.97. The molecular weight excluding hydrogens is 394 g/mol. The van der Waals surface area contributed by atoms with Gasteiger partial charge in [-0.1, -0.05) is 42.0 Å². The van der Waals surface area contributed by atoms with Crippen LogP contribution in [-0.2, 0) is 16.1 Å². The van der Waals surface area contributed by atoms with Gasteiger partial charge in [0.15, 0.2) is 0 Å². The first kappa shape index (κ1) is 22.0. The Kier molecular flexibility index (Phi) is 6.65. The lowest BCUT2D eigenvalue weighted by molar-refractivity contribution is -0.385. The summed E-state index contributed by atoms with van der Waals surface area (Å²) < 4.78 is 7.32. The smallest absolute Gasteiger partial charge is 0.331 e. The highest BCUT2D eigenvalue weighted by Gasteiger charge is 2.15. The molecule has 0 bridgehead atoms. The molecular formula is C24H25N3O4. The minimum atomic E-state index is -0.608. The molecule has 1 unspecified atom stereocenters. The summed E-state index contributed by atoms with van der Waals surface area (Å²) in [6, 6.07) is 14.4. The van der Waals surface area contributed by atoms with Crippen LogP contribution in [0.2, 0.25) is 0 Å². The Bertz CT molecular complexity index is 1130. The average molecular weight is 419 g/mol. The molecule has 0 saturated carbocycles. The molecule has 0 N–H and O–H groups in total. The molecule has 0 spiro atoms. The summed E-state index contributed by atoms with van der Waals surface area (Å²) in [5, 5.41) is 15.5. The van der Waals surface area contributed by atoms with E-state index in [0.29, 0.717) is 12.1 Å². The second-order valence-electron chi connectivity index (χ2n) is 7.49. The van der Waals surface area contributed by atoms with Gasteiger partial charge >= 0.3 is 5.97 Å². The molecule has 31 heavy (non-hydrogen) atoms. The molecule has 7 heteroatoms. The van der Waals surface area contributed by atoms with Crippen molar-refractivity contribution in [3.63, 3.8) is 0 Å². The molecule has 0 fully saturated rings. The predicted molar refractivity (Wildman–Crippen MR) is 119 cm³/mol. The molecule has 160 valence electrons. The van der Waals surface area contributed by atoms with Crippen LogP contribution in [0.4, 0.5) is 5.69 Å². The third kappa shape index (κ3) is 5.45. The number of hydrogen-bond donors (Lipinski definition) is 0. The summed E-state index contributed by atoms with van der Waals surface area (Å²) in [5.41, 5.74) is 5.52. The van der Waals surface area contributed by atoms with Gasteiger partial charge in [0.2, 0.25) is 0 Å². The summed E-state index contributed by atoms with van der Waals surface area (Å²) in [7, 11) is 0. The van der Waals surface area contributed by atoms with Crippen molar-refractivity contribution >= 4 is 17.7 Å². The highest BCUT2D eigenvalue weighted by molar-refractivity contribution is 5.87. The Balaban J connectivity index is 1.69. The van der Waals surface area contributed by atoms with E-state index in [1.54, 1.807) is 25.1 Å². The molecule has 0 aliphatic rings. The van der Waals surface area contributed by atoms with E-state index in [0.717, 1.165) is 22.5 Å². The zero-order chi connectivity index (χ0) is 22.5. The van der Waals surface area contributed by atoms with Crippen molar-refractivity contribution in [2.45, 2.75) is 40.3 Å². The van der Waals surface area contributed by atoms with E-state index in [4.69, 9.17) is 4.74 Å². The SMILES string of the molecule is Cc1ccc(Cn2nc(C)c(/C=C/C(=O)OC(C)c3cccc([N+](=O)[O-])c3)c2C)cc1. The largest absolute Gasteiger partial charge is 0.455 e. The molecule has 1 atom stereocenters. The Morgan fingerprint density at radius 2 is 1.90 bits per heavy atom. The number of non-ortho nitro benzene ring substituents is 1. The Morgan fingerprint density at radius 1 is 1.19 bits per heavy atom. The lowest BCUT2D eigenvalue weighted by atomic mass is 10.1. The fourth-order valence-corrected chi connectivity index (χ4v) is 3.30. The lowest BCUT2D eigenvalue weighted by Gasteiger charge is -2.11. The van der Waals surface area contributed by atoms with Crippen molar-refractivity contribution < 1.29 is 14.5 Å². The molecule has 0 saturated heterocycles. The first-order valence-electron chi connectivity index (χ1n) is 9.97. The molecule has 2 aromatic carbocycles. The quantitative estimate of drug-likeness (QED) is 0.231. The van der Waals surface area contributed by atoms with Crippen LogP contribution in [0.3, 0.4) is 0 Å². The van der Waals surface area contributed by atoms with E-state index < -0.39 is 17.0 Å². The van der Waals surface area contributed by atoms with Crippen molar-refractivity contribution in [3.8, 4) is 0 Å². The van der Waals surface area contributed by atoms with Crippen molar-refractivity contribution in [2.24, 2.45) is 0 Å². The van der Waals surface area contributed by atoms with Gasteiger partial charge in [-0.2, -0.15) is 5.10 Å². The highest BCUT2D eigenvalue weighted by Crippen LogP contribution is 2.22. The van der Waals surface area contributed by atoms with Gasteiger partial charge in [-0.25, -0.2) is 4.79 Å². The number of rotatable bonds is 7. The molecule has 0 aliphatic carbocycles. The van der Waals surface area contributed by atoms with Crippen LogP contribution in [-0.4, -0.2) is 20.7 Å². The molecule has 1 aromatic heterocycles. The monoisotopic (exact) mass is 419 g/mol. The van der Waals surface area contributed by atoms with Crippen LogP contribution in [0.25, 0.3) is 6.08 Å². The summed E-state index contributed by atoms with van der Waals surface area (Å²) >= 11 is 0. The van der Waals surface area contributed by atoms with E-state index in [1.807, 2.05) is 18.5 Å². The molecule has 3 rings (SSSR count). The van der Waals surface area contributed by atoms with Crippen molar-refractivity contribution in [1.29, 1.82) is 0 Å². The van der Waals surface area contributed by atoms with Gasteiger partial charge in [-0.15, -0.1) is 0 Å². The number of aromatic nitrogens is 2. The maximum Gasteiger partial charge on any atom is 0.331 e. The van der Waals surface area contributed by atoms with Crippen molar-refractivity contribution in [2.75, 3.05) is 0 Å². The van der Waals surface area contributed by atoms with E-state index >= 15 is 0 Å². The topological polar surface area (TPSA) is 87.3 Å². The molecule has 0 aliphatic heterocycles. The molecule has 1 heterocycles. The molecule has 0 radical (unpaired) electrons. The maximum atomic E-state index is 12.3. The molecule has 7 nitrogen and oxygen atoms in total. The van der Waals surface area contributed by atoms with E-state index in [2.05, 4.69) is 36.3 Å². The third-order valence-corrected chi connectivity index (χ3v) is 5.12. The van der Waals surface area contributed by atoms with E-state index in [-0.39, 0.29) is 5.69 Å². The number of nitro benzene ring substituents is 1. The Morgan fingerprint density at radius 3 is 2.58 bits per heavy atom. The van der Waals surface area contributed by atoms with Crippen LogP contribution in [0.1, 0.15) is 46.7 Å². The Hall–Kier alpha value is -3.74. The fraction of sp³-hybridized carbons (Fsp3) is 0.250. The zero-order valence-corrected chi connectivity index (χ0v) is 18.0. The van der Waals surface area contributed by atoms with Crippen LogP contribution in [0.15, 0.2) is 54.6 Å². The van der Waals surface area contributed by atoms with Gasteiger partial charge in [0, 0.05) is 29.5 Å². The van der Waals surface area contributed by atoms with Gasteiger partial charge in [-0.3, -0.25) is 14.8 Å². The number of nitro groups is 1. The normalized spacial score (nSPS) is 12.1. The third-order valence-electron chi connectivity index (χ3n) is 5.12. The number of carbonyl (C=O) groups excluding carboxylic acids is 1. The predicted octanol–water partition coefficient (Wildman–Crippen LogP) is 5.08. The van der Waals surface area contributed by atoms with Crippen LogP contribution in [0, 0.1) is 30.9 Å². The maximum absolute atomic E-state index is 12.3. The first-order chi connectivity index (χ1) is 14.7. The summed E-state index contributed by atoms with van der Waals surface area (Å²) in [5.74, 6) is -0.524. The molecule has 3 aromatic rings. The van der Waals surface area contributed by atoms with Gasteiger partial charge < -0.3 is 4.74 Å². The van der Waals surface area contributed by atoms with Gasteiger partial charge in [0.25, 0.3) is 5.69 Å². The second kappa shape index (κ2) is 9.38. The number of nitrogens with zero attached hydrogens (tertiary/aromatic N) is 3. The fourth-order valence-electron chi connectivity index (χ4n) is 3.30. The highest BCUT2D eigenvalue weighted by atomic mass is 16.6. The number of benzene rings is 2. The minimum absolute atomic E-state index is 0.0387. The lowest BCUT2D eigenvalue weighted by Crippen LogP contribution is -2.06. The van der Waals surface area contributed by atoms with Gasteiger partial charge in [0.05, 0.1) is 17.2 Å². The summed E-state index contributed by atoms with van der Waals surface area (Å²) in [6.45, 7) is 8.24. The van der Waals surface area contributed by atoms with E-state index in [1.165, 1.54) is 23.8 Å². The Labute approximate surface area is 181 Å². The van der Waals surface area contributed by atoms with Crippen LogP contribution < -0.4 is 0 Å². The standard InChI is InChI=1S/C24H25N3O4/c1-16-8-10-20(11-9-16)15-26-18(3)23(17(2)25-26)12-13-24(28)31-19(4)21-6-5-7-22(14-21)27(29)30/h5-14,19H,15H2,1-4H3/b13-12+. The van der Waals surface area contributed by atoms with Crippen LogP contribution >= 0.6 is 0 Å². The summed E-state index contributed by atoms with van der Waals surface area (Å²) in [6.07, 6.45) is 2.45. The van der Waals surface area contributed by atoms with Crippen molar-refractivity contribution in [1.82, 2.24) is 9.78 Å². The zero-order valence-electron chi connectivity index (χ0n) is 18.0. The van der Waals surface area contributed by atoms with Crippen LogP contribution in [0.5, 0.6) is 0 Å². The number of aryl methyl sites for hydroxylation is 2. The number of ether oxygens (including phenoxy) is 1. The molecule has 0 amide bonds. The van der Waals surface area contributed by atoms with E-state index in [9.17, 15) is 14.9 Å².